The highest BCUT2D eigenvalue weighted by molar-refractivity contribution is 6.99. The van der Waals surface area contributed by atoms with E-state index < -0.39 is 0 Å². The maximum absolute atomic E-state index is 5.83. The van der Waals surface area contributed by atoms with E-state index in [2.05, 4.69) is 27.1 Å². The van der Waals surface area contributed by atoms with Crippen LogP contribution in [0.1, 0.15) is 30.6 Å². The summed E-state index contributed by atoms with van der Waals surface area (Å²) in [5.74, 6) is 0.858. The molecule has 2 rings (SSSR count). The first-order chi connectivity index (χ1) is 10.4. The van der Waals surface area contributed by atoms with E-state index in [-0.39, 0.29) is 6.04 Å². The van der Waals surface area contributed by atoms with Crippen molar-refractivity contribution in [2.45, 2.75) is 19.4 Å². The first kappa shape index (κ1) is 15.9. The van der Waals surface area contributed by atoms with E-state index in [1.165, 1.54) is 11.7 Å². The van der Waals surface area contributed by atoms with Crippen molar-refractivity contribution in [2.75, 3.05) is 26.9 Å². The summed E-state index contributed by atoms with van der Waals surface area (Å²) >= 11 is 1.22. The molecule has 0 aliphatic carbocycles. The van der Waals surface area contributed by atoms with Gasteiger partial charge in [0.1, 0.15) is 12.4 Å². The second-order valence-electron chi connectivity index (χ2n) is 4.60. The fraction of sp³-hybridized carbons (Fsp3) is 0.467. The summed E-state index contributed by atoms with van der Waals surface area (Å²) in [6, 6.07) is 8.03. The molecule has 6 heteroatoms. The van der Waals surface area contributed by atoms with Crippen LogP contribution in [0.4, 0.5) is 0 Å². The van der Waals surface area contributed by atoms with Crippen LogP contribution < -0.4 is 10.1 Å². The molecule has 1 aromatic heterocycles. The average Bonchev–Trinajstić information content (AvgIpc) is 3.03. The molecule has 5 nitrogen and oxygen atoms in total. The molecule has 0 saturated heterocycles. The van der Waals surface area contributed by atoms with E-state index in [9.17, 15) is 0 Å². The number of hydrogen-bond donors (Lipinski definition) is 1. The molecular formula is C15H21N3O2S. The summed E-state index contributed by atoms with van der Waals surface area (Å²) in [7, 11) is 1.67. The minimum Gasteiger partial charge on any atom is -0.491 e. The number of ether oxygens (including phenoxy) is 2. The van der Waals surface area contributed by atoms with E-state index in [0.717, 1.165) is 30.0 Å². The number of hydrogen-bond acceptors (Lipinski definition) is 6. The Balaban J connectivity index is 2.22. The zero-order valence-corrected chi connectivity index (χ0v) is 13.2. The van der Waals surface area contributed by atoms with Crippen LogP contribution >= 0.6 is 11.7 Å². The highest BCUT2D eigenvalue weighted by Crippen LogP contribution is 2.29. The molecule has 0 bridgehead atoms. The average molecular weight is 307 g/mol. The van der Waals surface area contributed by atoms with Crippen molar-refractivity contribution in [1.29, 1.82) is 0 Å². The van der Waals surface area contributed by atoms with Crippen molar-refractivity contribution in [3.8, 4) is 5.75 Å². The molecule has 1 atom stereocenters. The number of para-hydroxylation sites is 1. The van der Waals surface area contributed by atoms with Crippen LogP contribution in [-0.2, 0) is 4.74 Å². The normalized spacial score (nSPS) is 12.3. The SMILES string of the molecule is CCCNC(c1cnsn1)c1ccccc1OCCOC. The molecule has 114 valence electrons. The van der Waals surface area contributed by atoms with Gasteiger partial charge in [0.15, 0.2) is 0 Å². The van der Waals surface area contributed by atoms with Gasteiger partial charge in [-0.15, -0.1) is 0 Å². The standard InChI is InChI=1S/C15H21N3O2S/c1-3-8-16-15(13-11-17-21-18-13)12-6-4-5-7-14(12)20-10-9-19-2/h4-7,11,15-16H,3,8-10H2,1-2H3. The van der Waals surface area contributed by atoms with Crippen LogP contribution in [0.2, 0.25) is 0 Å². The van der Waals surface area contributed by atoms with Gasteiger partial charge in [0.05, 0.1) is 36.3 Å². The molecule has 0 aliphatic heterocycles. The Morgan fingerprint density at radius 2 is 2.14 bits per heavy atom. The Bertz CT molecular complexity index is 519. The number of nitrogens with one attached hydrogen (secondary N) is 1. The lowest BCUT2D eigenvalue weighted by atomic mass is 10.0. The lowest BCUT2D eigenvalue weighted by molar-refractivity contribution is 0.145. The van der Waals surface area contributed by atoms with Gasteiger partial charge in [0.2, 0.25) is 0 Å². The maximum Gasteiger partial charge on any atom is 0.124 e. The van der Waals surface area contributed by atoms with Gasteiger partial charge in [0.25, 0.3) is 0 Å². The van der Waals surface area contributed by atoms with Crippen LogP contribution in [0.15, 0.2) is 30.5 Å². The van der Waals surface area contributed by atoms with Crippen molar-refractivity contribution in [3.05, 3.63) is 41.7 Å². The zero-order valence-electron chi connectivity index (χ0n) is 12.4. The summed E-state index contributed by atoms with van der Waals surface area (Å²) in [4.78, 5) is 0. The van der Waals surface area contributed by atoms with Gasteiger partial charge < -0.3 is 14.8 Å². The zero-order chi connectivity index (χ0) is 14.9. The molecule has 0 amide bonds. The van der Waals surface area contributed by atoms with Gasteiger partial charge in [-0.2, -0.15) is 8.75 Å². The maximum atomic E-state index is 5.83. The minimum absolute atomic E-state index is 0.00226. The lowest BCUT2D eigenvalue weighted by Crippen LogP contribution is -2.24. The molecule has 1 aromatic carbocycles. The number of benzene rings is 1. The van der Waals surface area contributed by atoms with Crippen molar-refractivity contribution in [3.63, 3.8) is 0 Å². The highest BCUT2D eigenvalue weighted by atomic mass is 32.1. The molecule has 21 heavy (non-hydrogen) atoms. The fourth-order valence-corrected chi connectivity index (χ4v) is 2.50. The Kier molecular flexibility index (Phi) is 6.59. The first-order valence-electron chi connectivity index (χ1n) is 7.08. The summed E-state index contributed by atoms with van der Waals surface area (Å²) in [6.07, 6.45) is 2.87. The molecule has 0 aliphatic rings. The van der Waals surface area contributed by atoms with Crippen molar-refractivity contribution < 1.29 is 9.47 Å². The Morgan fingerprint density at radius 1 is 1.29 bits per heavy atom. The number of aromatic nitrogens is 2. The quantitative estimate of drug-likeness (QED) is 0.722. The summed E-state index contributed by atoms with van der Waals surface area (Å²) < 4.78 is 19.3. The monoisotopic (exact) mass is 307 g/mol. The van der Waals surface area contributed by atoms with Gasteiger partial charge in [0, 0.05) is 12.7 Å². The van der Waals surface area contributed by atoms with E-state index in [1.807, 2.05) is 24.4 Å². The van der Waals surface area contributed by atoms with E-state index in [4.69, 9.17) is 9.47 Å². The largest absolute Gasteiger partial charge is 0.491 e. The van der Waals surface area contributed by atoms with Gasteiger partial charge in [-0.1, -0.05) is 25.1 Å². The third kappa shape index (κ3) is 4.49. The Labute approximate surface area is 129 Å². The molecule has 0 spiro atoms. The first-order valence-corrected chi connectivity index (χ1v) is 7.81. The Hall–Kier alpha value is -1.50. The third-order valence-corrected chi connectivity index (χ3v) is 3.54. The molecule has 0 saturated carbocycles. The van der Waals surface area contributed by atoms with Crippen molar-refractivity contribution in [2.24, 2.45) is 0 Å². The summed E-state index contributed by atoms with van der Waals surface area (Å²) in [6.45, 7) is 4.15. The minimum atomic E-state index is 0.00226. The van der Waals surface area contributed by atoms with Crippen LogP contribution in [0, 0.1) is 0 Å². The van der Waals surface area contributed by atoms with Crippen LogP contribution in [0.5, 0.6) is 5.75 Å². The van der Waals surface area contributed by atoms with E-state index >= 15 is 0 Å². The van der Waals surface area contributed by atoms with Crippen molar-refractivity contribution >= 4 is 11.7 Å². The van der Waals surface area contributed by atoms with Gasteiger partial charge in [-0.25, -0.2) is 0 Å². The second-order valence-corrected chi connectivity index (χ2v) is 5.16. The molecule has 2 aromatic rings. The highest BCUT2D eigenvalue weighted by Gasteiger charge is 2.19. The lowest BCUT2D eigenvalue weighted by Gasteiger charge is -2.20. The topological polar surface area (TPSA) is 56.3 Å². The number of methoxy groups -OCH3 is 1. The molecule has 0 radical (unpaired) electrons. The molecule has 1 unspecified atom stereocenters. The smallest absolute Gasteiger partial charge is 0.124 e. The Morgan fingerprint density at radius 3 is 2.86 bits per heavy atom. The molecule has 1 heterocycles. The van der Waals surface area contributed by atoms with Crippen LogP contribution in [-0.4, -0.2) is 35.6 Å². The molecule has 1 N–H and O–H groups in total. The molecule has 0 fully saturated rings. The molecular weight excluding hydrogens is 286 g/mol. The third-order valence-electron chi connectivity index (χ3n) is 3.05. The number of nitrogens with zero attached hydrogens (tertiary/aromatic N) is 2. The van der Waals surface area contributed by atoms with Gasteiger partial charge >= 0.3 is 0 Å². The van der Waals surface area contributed by atoms with Crippen LogP contribution in [0.3, 0.4) is 0 Å². The van der Waals surface area contributed by atoms with Crippen molar-refractivity contribution in [1.82, 2.24) is 14.1 Å². The summed E-state index contributed by atoms with van der Waals surface area (Å²) in [5, 5.41) is 3.51. The number of rotatable bonds is 9. The summed E-state index contributed by atoms with van der Waals surface area (Å²) in [5.41, 5.74) is 2.01. The fourth-order valence-electron chi connectivity index (χ4n) is 2.05. The van der Waals surface area contributed by atoms with Gasteiger partial charge in [-0.3, -0.25) is 0 Å². The van der Waals surface area contributed by atoms with Gasteiger partial charge in [-0.05, 0) is 19.0 Å². The second kappa shape index (κ2) is 8.71. The van der Waals surface area contributed by atoms with Crippen LogP contribution in [0.25, 0.3) is 0 Å². The predicted octanol–water partition coefficient (Wildman–Crippen LogP) is 2.65. The predicted molar refractivity (Wildman–Crippen MR) is 83.9 cm³/mol. The van der Waals surface area contributed by atoms with E-state index in [0.29, 0.717) is 13.2 Å². The van der Waals surface area contributed by atoms with E-state index in [1.54, 1.807) is 7.11 Å².